The minimum atomic E-state index is 0. The zero-order valence-corrected chi connectivity index (χ0v) is 13.1. The lowest BCUT2D eigenvalue weighted by atomic mass is 10.2. The van der Waals surface area contributed by atoms with E-state index in [1.54, 1.807) is 0 Å². The molecule has 0 heterocycles. The summed E-state index contributed by atoms with van der Waals surface area (Å²) < 4.78 is 0. The normalized spacial score (nSPS) is 9.84. The van der Waals surface area contributed by atoms with Gasteiger partial charge < -0.3 is 10.2 Å². The molecular weight excluding hydrogens is 283 g/mol. The summed E-state index contributed by atoms with van der Waals surface area (Å²) in [6, 6.07) is 7.67. The zero-order chi connectivity index (χ0) is 13.4. The third-order valence-electron chi connectivity index (χ3n) is 2.87. The Bertz CT molecular complexity index is 385. The highest BCUT2D eigenvalue weighted by Crippen LogP contribution is 2.17. The summed E-state index contributed by atoms with van der Waals surface area (Å²) in [6.07, 6.45) is 1.45. The van der Waals surface area contributed by atoms with E-state index in [1.807, 2.05) is 43.1 Å². The van der Waals surface area contributed by atoms with Crippen LogP contribution in [0.4, 0.5) is 0 Å². The monoisotopic (exact) mass is 304 g/mol. The zero-order valence-electron chi connectivity index (χ0n) is 11.5. The highest BCUT2D eigenvalue weighted by molar-refractivity contribution is 6.31. The molecule has 0 aliphatic carbocycles. The second-order valence-electron chi connectivity index (χ2n) is 4.21. The second-order valence-corrected chi connectivity index (χ2v) is 4.61. The molecule has 19 heavy (non-hydrogen) atoms. The van der Waals surface area contributed by atoms with Gasteiger partial charge in [-0.15, -0.1) is 12.4 Å². The molecule has 0 saturated carbocycles. The summed E-state index contributed by atoms with van der Waals surface area (Å²) >= 11 is 6.11. The first kappa shape index (κ1) is 18.2. The van der Waals surface area contributed by atoms with Gasteiger partial charge in [0.15, 0.2) is 0 Å². The molecule has 1 amide bonds. The van der Waals surface area contributed by atoms with Gasteiger partial charge in [0.25, 0.3) is 0 Å². The Morgan fingerprint density at radius 3 is 2.63 bits per heavy atom. The Morgan fingerprint density at radius 2 is 2.05 bits per heavy atom. The third kappa shape index (κ3) is 6.28. The van der Waals surface area contributed by atoms with Crippen molar-refractivity contribution in [3.8, 4) is 0 Å². The van der Waals surface area contributed by atoms with Gasteiger partial charge in [-0.25, -0.2) is 0 Å². The molecule has 0 bridgehead atoms. The largest absolute Gasteiger partial charge is 0.339 e. The first-order valence-corrected chi connectivity index (χ1v) is 6.72. The van der Waals surface area contributed by atoms with E-state index in [-0.39, 0.29) is 18.3 Å². The quantitative estimate of drug-likeness (QED) is 0.785. The molecule has 108 valence electrons. The van der Waals surface area contributed by atoms with Gasteiger partial charge in [0, 0.05) is 24.5 Å². The Balaban J connectivity index is 0.00000324. The van der Waals surface area contributed by atoms with Gasteiger partial charge in [-0.3, -0.25) is 4.79 Å². The van der Waals surface area contributed by atoms with Crippen LogP contribution in [-0.2, 0) is 11.3 Å². The Morgan fingerprint density at radius 1 is 1.37 bits per heavy atom. The van der Waals surface area contributed by atoms with Crippen molar-refractivity contribution in [3.63, 3.8) is 0 Å². The van der Waals surface area contributed by atoms with Gasteiger partial charge in [0.2, 0.25) is 5.91 Å². The number of benzene rings is 1. The third-order valence-corrected chi connectivity index (χ3v) is 3.24. The standard InChI is InChI=1S/C14H21ClN2O.ClH/c1-3-17(14(18)9-6-10-16-2)11-12-7-4-5-8-13(12)15;/h4-5,7-8,16H,3,6,9-11H2,1-2H3;1H. The topological polar surface area (TPSA) is 32.3 Å². The minimum absolute atomic E-state index is 0. The van der Waals surface area contributed by atoms with Crippen molar-refractivity contribution in [3.05, 3.63) is 34.9 Å². The number of carbonyl (C=O) groups is 1. The molecule has 0 saturated heterocycles. The molecule has 1 aromatic rings. The molecule has 1 N–H and O–H groups in total. The summed E-state index contributed by atoms with van der Waals surface area (Å²) in [5.74, 6) is 0.188. The summed E-state index contributed by atoms with van der Waals surface area (Å²) in [5.41, 5.74) is 1.00. The van der Waals surface area contributed by atoms with Gasteiger partial charge >= 0.3 is 0 Å². The number of amides is 1. The second kappa shape index (κ2) is 10.1. The van der Waals surface area contributed by atoms with E-state index >= 15 is 0 Å². The number of nitrogens with one attached hydrogen (secondary N) is 1. The van der Waals surface area contributed by atoms with Crippen molar-refractivity contribution in [2.24, 2.45) is 0 Å². The lowest BCUT2D eigenvalue weighted by molar-refractivity contribution is -0.131. The van der Waals surface area contributed by atoms with E-state index in [9.17, 15) is 4.79 Å². The summed E-state index contributed by atoms with van der Waals surface area (Å²) in [4.78, 5) is 13.9. The van der Waals surface area contributed by atoms with Crippen LogP contribution in [0, 0.1) is 0 Å². The van der Waals surface area contributed by atoms with Gasteiger partial charge in [0.05, 0.1) is 0 Å². The van der Waals surface area contributed by atoms with Crippen molar-refractivity contribution in [2.75, 3.05) is 20.1 Å². The molecule has 0 spiro atoms. The molecule has 0 fully saturated rings. The van der Waals surface area contributed by atoms with Crippen LogP contribution in [0.2, 0.25) is 5.02 Å². The summed E-state index contributed by atoms with van der Waals surface area (Å²) in [7, 11) is 1.89. The molecule has 0 atom stereocenters. The van der Waals surface area contributed by atoms with Crippen LogP contribution >= 0.6 is 24.0 Å². The van der Waals surface area contributed by atoms with Crippen molar-refractivity contribution < 1.29 is 4.79 Å². The molecule has 0 aliphatic heterocycles. The molecular formula is C14H22Cl2N2O. The van der Waals surface area contributed by atoms with E-state index in [0.717, 1.165) is 23.6 Å². The molecule has 0 unspecified atom stereocenters. The molecule has 1 rings (SSSR count). The number of hydrogen-bond donors (Lipinski definition) is 1. The maximum atomic E-state index is 12.0. The van der Waals surface area contributed by atoms with Crippen molar-refractivity contribution in [1.82, 2.24) is 10.2 Å². The van der Waals surface area contributed by atoms with Crippen LogP contribution in [0.3, 0.4) is 0 Å². The molecule has 0 aliphatic rings. The fourth-order valence-electron chi connectivity index (χ4n) is 1.78. The fourth-order valence-corrected chi connectivity index (χ4v) is 1.98. The van der Waals surface area contributed by atoms with E-state index in [0.29, 0.717) is 19.5 Å². The predicted octanol–water partition coefficient (Wildman–Crippen LogP) is 3.11. The summed E-state index contributed by atoms with van der Waals surface area (Å²) in [5, 5.41) is 3.77. The number of hydrogen-bond acceptors (Lipinski definition) is 2. The van der Waals surface area contributed by atoms with Crippen LogP contribution in [0.25, 0.3) is 0 Å². The molecule has 5 heteroatoms. The predicted molar refractivity (Wildman–Crippen MR) is 83.0 cm³/mol. The number of carbonyl (C=O) groups excluding carboxylic acids is 1. The first-order chi connectivity index (χ1) is 8.69. The van der Waals surface area contributed by atoms with Gasteiger partial charge in [-0.2, -0.15) is 0 Å². The average Bonchev–Trinajstić information content (AvgIpc) is 2.38. The van der Waals surface area contributed by atoms with E-state index in [1.165, 1.54) is 0 Å². The van der Waals surface area contributed by atoms with Crippen molar-refractivity contribution in [1.29, 1.82) is 0 Å². The van der Waals surface area contributed by atoms with Crippen LogP contribution in [0.1, 0.15) is 25.3 Å². The van der Waals surface area contributed by atoms with E-state index < -0.39 is 0 Å². The molecule has 1 aromatic carbocycles. The average molecular weight is 305 g/mol. The minimum Gasteiger partial charge on any atom is -0.339 e. The van der Waals surface area contributed by atoms with Crippen LogP contribution in [0.15, 0.2) is 24.3 Å². The number of halogens is 2. The Labute approximate surface area is 126 Å². The van der Waals surface area contributed by atoms with Gasteiger partial charge in [0.1, 0.15) is 0 Å². The van der Waals surface area contributed by atoms with Crippen molar-refractivity contribution in [2.45, 2.75) is 26.3 Å². The lowest BCUT2D eigenvalue weighted by Crippen LogP contribution is -2.30. The smallest absolute Gasteiger partial charge is 0.222 e. The first-order valence-electron chi connectivity index (χ1n) is 6.34. The SMILES string of the molecule is CCN(Cc1ccccc1Cl)C(=O)CCCNC.Cl. The van der Waals surface area contributed by atoms with Crippen LogP contribution in [0.5, 0.6) is 0 Å². The van der Waals surface area contributed by atoms with E-state index in [2.05, 4.69) is 5.32 Å². The molecule has 3 nitrogen and oxygen atoms in total. The maximum absolute atomic E-state index is 12.0. The molecule has 0 radical (unpaired) electrons. The Kier molecular flexibility index (Phi) is 9.66. The highest BCUT2D eigenvalue weighted by atomic mass is 35.5. The van der Waals surface area contributed by atoms with Crippen molar-refractivity contribution >= 4 is 29.9 Å². The fraction of sp³-hybridized carbons (Fsp3) is 0.500. The Hall–Kier alpha value is -0.770. The van der Waals surface area contributed by atoms with E-state index in [4.69, 9.17) is 11.6 Å². The lowest BCUT2D eigenvalue weighted by Gasteiger charge is -2.21. The number of nitrogens with zero attached hydrogens (tertiary/aromatic N) is 1. The van der Waals surface area contributed by atoms with Gasteiger partial charge in [-0.1, -0.05) is 29.8 Å². The van der Waals surface area contributed by atoms with Gasteiger partial charge in [-0.05, 0) is 38.6 Å². The molecule has 0 aromatic heterocycles. The highest BCUT2D eigenvalue weighted by Gasteiger charge is 2.12. The maximum Gasteiger partial charge on any atom is 0.222 e. The number of rotatable bonds is 7. The van der Waals surface area contributed by atoms with Crippen LogP contribution in [-0.4, -0.2) is 30.9 Å². The summed E-state index contributed by atoms with van der Waals surface area (Å²) in [6.45, 7) is 4.17. The van der Waals surface area contributed by atoms with Crippen LogP contribution < -0.4 is 5.32 Å².